The summed E-state index contributed by atoms with van der Waals surface area (Å²) >= 11 is 0. The molecule has 0 aliphatic heterocycles. The van der Waals surface area contributed by atoms with Gasteiger partial charge in [-0.1, -0.05) is 0 Å². The summed E-state index contributed by atoms with van der Waals surface area (Å²) in [7, 11) is 1.09. The first-order valence-electron chi connectivity index (χ1n) is 4.83. The molecule has 0 aliphatic rings. The Balaban J connectivity index is 3.29. The monoisotopic (exact) mass is 261 g/mol. The second-order valence-electron chi connectivity index (χ2n) is 3.43. The van der Waals surface area contributed by atoms with Gasteiger partial charge in [0.2, 0.25) is 5.91 Å². The summed E-state index contributed by atoms with van der Waals surface area (Å²) < 4.78 is 41.9. The van der Waals surface area contributed by atoms with Gasteiger partial charge >= 0.3 is 12.1 Å². The van der Waals surface area contributed by atoms with Crippen LogP contribution in [0.5, 0.6) is 0 Å². The van der Waals surface area contributed by atoms with Gasteiger partial charge in [-0.3, -0.25) is 4.79 Å². The number of rotatable bonds is 2. The number of ether oxygens (including phenoxy) is 1. The molecule has 98 valence electrons. The minimum Gasteiger partial charge on any atom is -0.465 e. The average molecular weight is 261 g/mol. The Hall–Kier alpha value is -2.05. The SMILES string of the molecule is COC(=O)c1ccc(C(F)(F)F)cc1NC(C)=O. The zero-order valence-electron chi connectivity index (χ0n) is 9.59. The van der Waals surface area contributed by atoms with E-state index in [0.717, 1.165) is 26.2 Å². The van der Waals surface area contributed by atoms with Gasteiger partial charge in [0.05, 0.1) is 23.9 Å². The molecule has 4 nitrogen and oxygen atoms in total. The summed E-state index contributed by atoms with van der Waals surface area (Å²) in [4.78, 5) is 22.2. The van der Waals surface area contributed by atoms with Crippen LogP contribution in [0.4, 0.5) is 18.9 Å². The van der Waals surface area contributed by atoms with Crippen LogP contribution in [0.25, 0.3) is 0 Å². The highest BCUT2D eigenvalue weighted by molar-refractivity contribution is 6.00. The van der Waals surface area contributed by atoms with Gasteiger partial charge in [-0.25, -0.2) is 4.79 Å². The van der Waals surface area contributed by atoms with Crippen molar-refractivity contribution in [2.45, 2.75) is 13.1 Å². The van der Waals surface area contributed by atoms with Gasteiger partial charge in [-0.05, 0) is 18.2 Å². The first-order chi connectivity index (χ1) is 8.25. The molecule has 0 bridgehead atoms. The Labute approximate surface area is 101 Å². The summed E-state index contributed by atoms with van der Waals surface area (Å²) in [6.45, 7) is 1.13. The van der Waals surface area contributed by atoms with Crippen LogP contribution < -0.4 is 5.32 Å². The minimum atomic E-state index is -4.55. The van der Waals surface area contributed by atoms with E-state index in [1.165, 1.54) is 0 Å². The number of carbonyl (C=O) groups excluding carboxylic acids is 2. The maximum atomic E-state index is 12.5. The molecular formula is C11H10F3NO3. The summed E-state index contributed by atoms with van der Waals surface area (Å²) in [5.74, 6) is -1.41. The highest BCUT2D eigenvalue weighted by Gasteiger charge is 2.31. The van der Waals surface area contributed by atoms with E-state index in [1.54, 1.807) is 0 Å². The van der Waals surface area contributed by atoms with Crippen LogP contribution in [0.3, 0.4) is 0 Å². The molecule has 0 saturated heterocycles. The molecule has 0 fully saturated rings. The van der Waals surface area contributed by atoms with Gasteiger partial charge in [-0.15, -0.1) is 0 Å². The lowest BCUT2D eigenvalue weighted by Crippen LogP contribution is -2.14. The van der Waals surface area contributed by atoms with Gasteiger partial charge in [0, 0.05) is 6.92 Å². The van der Waals surface area contributed by atoms with E-state index in [9.17, 15) is 22.8 Å². The second-order valence-corrected chi connectivity index (χ2v) is 3.43. The van der Waals surface area contributed by atoms with Crippen molar-refractivity contribution < 1.29 is 27.5 Å². The van der Waals surface area contributed by atoms with Crippen LogP contribution in [0, 0.1) is 0 Å². The number of halogens is 3. The molecule has 1 aromatic rings. The zero-order chi connectivity index (χ0) is 13.9. The first kappa shape index (κ1) is 14.0. The molecule has 0 aliphatic carbocycles. The predicted octanol–water partition coefficient (Wildman–Crippen LogP) is 2.45. The van der Waals surface area contributed by atoms with Crippen LogP contribution in [0.15, 0.2) is 18.2 Å². The number of carbonyl (C=O) groups is 2. The number of amides is 1. The van der Waals surface area contributed by atoms with E-state index >= 15 is 0 Å². The van der Waals surface area contributed by atoms with E-state index in [1.807, 2.05) is 0 Å². The van der Waals surface area contributed by atoms with Crippen molar-refractivity contribution in [2.24, 2.45) is 0 Å². The van der Waals surface area contributed by atoms with E-state index in [-0.39, 0.29) is 11.3 Å². The van der Waals surface area contributed by atoms with E-state index in [2.05, 4.69) is 10.1 Å². The number of nitrogens with one attached hydrogen (secondary N) is 1. The predicted molar refractivity (Wildman–Crippen MR) is 57.1 cm³/mol. The number of esters is 1. The van der Waals surface area contributed by atoms with Crippen LogP contribution in [0.2, 0.25) is 0 Å². The Morgan fingerprint density at radius 2 is 1.89 bits per heavy atom. The fourth-order valence-corrected chi connectivity index (χ4v) is 1.30. The molecule has 1 N–H and O–H groups in total. The largest absolute Gasteiger partial charge is 0.465 e. The molecule has 1 amide bonds. The molecule has 1 aromatic carbocycles. The summed E-state index contributed by atoms with van der Waals surface area (Å²) in [6.07, 6.45) is -4.55. The zero-order valence-corrected chi connectivity index (χ0v) is 9.59. The third-order valence-electron chi connectivity index (χ3n) is 2.06. The Bertz CT molecular complexity index is 483. The summed E-state index contributed by atoms with van der Waals surface area (Å²) in [5.41, 5.74) is -1.33. The quantitative estimate of drug-likeness (QED) is 0.832. The fourth-order valence-electron chi connectivity index (χ4n) is 1.30. The van der Waals surface area contributed by atoms with Crippen LogP contribution in [0.1, 0.15) is 22.8 Å². The summed E-state index contributed by atoms with van der Waals surface area (Å²) in [6, 6.07) is 2.39. The van der Waals surface area contributed by atoms with Gasteiger partial charge in [0.25, 0.3) is 0 Å². The lowest BCUT2D eigenvalue weighted by Gasteiger charge is -2.12. The highest BCUT2D eigenvalue weighted by atomic mass is 19.4. The molecular weight excluding hydrogens is 251 g/mol. The third-order valence-corrected chi connectivity index (χ3v) is 2.06. The molecule has 7 heteroatoms. The molecule has 0 spiro atoms. The second kappa shape index (κ2) is 5.07. The lowest BCUT2D eigenvalue weighted by molar-refractivity contribution is -0.137. The smallest absolute Gasteiger partial charge is 0.416 e. The normalized spacial score (nSPS) is 10.9. The van der Waals surface area contributed by atoms with E-state index in [0.29, 0.717) is 6.07 Å². The Morgan fingerprint density at radius 1 is 1.28 bits per heavy atom. The minimum absolute atomic E-state index is 0.138. The van der Waals surface area contributed by atoms with Crippen molar-refractivity contribution in [1.29, 1.82) is 0 Å². The van der Waals surface area contributed by atoms with Crippen molar-refractivity contribution in [1.82, 2.24) is 0 Å². The van der Waals surface area contributed by atoms with Gasteiger partial charge in [0.15, 0.2) is 0 Å². The molecule has 0 atom stereocenters. The standard InChI is InChI=1S/C11H10F3NO3/c1-6(16)15-9-5-7(11(12,13)14)3-4-8(9)10(17)18-2/h3-5H,1-2H3,(H,15,16). The third kappa shape index (κ3) is 3.22. The number of alkyl halides is 3. The molecule has 0 radical (unpaired) electrons. The fraction of sp³-hybridized carbons (Fsp3) is 0.273. The van der Waals surface area contributed by atoms with Crippen molar-refractivity contribution in [3.63, 3.8) is 0 Å². The van der Waals surface area contributed by atoms with Crippen molar-refractivity contribution >= 4 is 17.6 Å². The van der Waals surface area contributed by atoms with E-state index in [4.69, 9.17) is 0 Å². The molecule has 0 heterocycles. The molecule has 18 heavy (non-hydrogen) atoms. The Morgan fingerprint density at radius 3 is 2.33 bits per heavy atom. The molecule has 1 rings (SSSR count). The van der Waals surface area contributed by atoms with Crippen LogP contribution in [-0.4, -0.2) is 19.0 Å². The molecule has 0 saturated carbocycles. The maximum absolute atomic E-state index is 12.5. The number of anilines is 1. The van der Waals surface area contributed by atoms with Crippen LogP contribution in [-0.2, 0) is 15.7 Å². The maximum Gasteiger partial charge on any atom is 0.416 e. The number of hydrogen-bond acceptors (Lipinski definition) is 3. The van der Waals surface area contributed by atoms with Gasteiger partial charge in [0.1, 0.15) is 0 Å². The first-order valence-corrected chi connectivity index (χ1v) is 4.83. The van der Waals surface area contributed by atoms with Gasteiger partial charge in [-0.2, -0.15) is 13.2 Å². The summed E-state index contributed by atoms with van der Waals surface area (Å²) in [5, 5.41) is 2.16. The lowest BCUT2D eigenvalue weighted by atomic mass is 10.1. The Kier molecular flexibility index (Phi) is 3.95. The molecule has 0 unspecified atom stereocenters. The highest BCUT2D eigenvalue weighted by Crippen LogP contribution is 2.32. The van der Waals surface area contributed by atoms with Crippen molar-refractivity contribution in [3.05, 3.63) is 29.3 Å². The topological polar surface area (TPSA) is 55.4 Å². The number of hydrogen-bond donors (Lipinski definition) is 1. The van der Waals surface area contributed by atoms with Crippen LogP contribution >= 0.6 is 0 Å². The average Bonchev–Trinajstić information content (AvgIpc) is 2.26. The van der Waals surface area contributed by atoms with Crippen molar-refractivity contribution in [3.8, 4) is 0 Å². The number of methoxy groups -OCH3 is 1. The van der Waals surface area contributed by atoms with Gasteiger partial charge < -0.3 is 10.1 Å². The van der Waals surface area contributed by atoms with E-state index < -0.39 is 23.6 Å². The van der Waals surface area contributed by atoms with Crippen molar-refractivity contribution in [2.75, 3.05) is 12.4 Å². The number of benzene rings is 1. The molecule has 0 aromatic heterocycles.